The molecule has 3 heterocycles. The van der Waals surface area contributed by atoms with Gasteiger partial charge in [-0.25, -0.2) is 0 Å². The fourth-order valence-corrected chi connectivity index (χ4v) is 4.57. The van der Waals surface area contributed by atoms with Gasteiger partial charge in [0.2, 0.25) is 0 Å². The molecule has 4 aromatic rings. The van der Waals surface area contributed by atoms with Crippen molar-refractivity contribution in [1.29, 1.82) is 0 Å². The highest BCUT2D eigenvalue weighted by Gasteiger charge is 2.35. The van der Waals surface area contributed by atoms with Gasteiger partial charge in [0.25, 0.3) is 5.91 Å². The number of nitrogens with one attached hydrogen (secondary N) is 1. The number of aromatic amines is 1. The molecule has 1 aliphatic rings. The third-order valence-electron chi connectivity index (χ3n) is 5.73. The topological polar surface area (TPSA) is 49.0 Å². The van der Waals surface area contributed by atoms with Crippen LogP contribution in [-0.2, 0) is 6.42 Å². The molecule has 0 spiro atoms. The highest BCUT2D eigenvalue weighted by atomic mass is 16.2. The summed E-state index contributed by atoms with van der Waals surface area (Å²) in [5.74, 6) is 0.0526. The van der Waals surface area contributed by atoms with E-state index in [2.05, 4.69) is 34.2 Å². The maximum Gasteiger partial charge on any atom is 0.254 e. The lowest BCUT2D eigenvalue weighted by Gasteiger charge is -2.35. The second kappa shape index (κ2) is 6.89. The molecule has 1 unspecified atom stereocenters. The quantitative estimate of drug-likeness (QED) is 0.533. The number of amides is 1. The van der Waals surface area contributed by atoms with Crippen LogP contribution in [0.2, 0.25) is 0 Å². The predicted molar refractivity (Wildman–Crippen MR) is 115 cm³/mol. The van der Waals surface area contributed by atoms with Crippen LogP contribution in [0.5, 0.6) is 0 Å². The van der Waals surface area contributed by atoms with Crippen molar-refractivity contribution < 1.29 is 4.79 Å². The molecule has 29 heavy (non-hydrogen) atoms. The monoisotopic (exact) mass is 381 g/mol. The molecule has 2 aromatic heterocycles. The van der Waals surface area contributed by atoms with E-state index >= 15 is 0 Å². The number of fused-ring (bicyclic) bond motifs is 3. The lowest BCUT2D eigenvalue weighted by Crippen LogP contribution is -2.41. The first kappa shape index (κ1) is 17.7. The number of nitrogens with zero attached hydrogens (tertiary/aromatic N) is 2. The fourth-order valence-electron chi connectivity index (χ4n) is 4.57. The largest absolute Gasteiger partial charge is 0.356 e. The summed E-state index contributed by atoms with van der Waals surface area (Å²) in [7, 11) is 0. The number of rotatable bonds is 2. The number of H-pyrrole nitrogens is 1. The van der Waals surface area contributed by atoms with Crippen LogP contribution in [0.3, 0.4) is 0 Å². The molecule has 0 saturated heterocycles. The minimum Gasteiger partial charge on any atom is -0.356 e. The van der Waals surface area contributed by atoms with E-state index in [1.807, 2.05) is 55.1 Å². The highest BCUT2D eigenvalue weighted by molar-refractivity contribution is 5.96. The minimum atomic E-state index is -0.222. The van der Waals surface area contributed by atoms with E-state index in [0.29, 0.717) is 6.54 Å². The van der Waals surface area contributed by atoms with Crippen molar-refractivity contribution >= 4 is 16.8 Å². The van der Waals surface area contributed by atoms with Gasteiger partial charge in [-0.3, -0.25) is 9.78 Å². The summed E-state index contributed by atoms with van der Waals surface area (Å²) < 4.78 is 0. The lowest BCUT2D eigenvalue weighted by molar-refractivity contribution is 0.0688. The number of carbonyl (C=O) groups is 1. The molecule has 0 bridgehead atoms. The minimum absolute atomic E-state index is 0.0526. The molecule has 0 aliphatic carbocycles. The first-order valence-corrected chi connectivity index (χ1v) is 10.0. The summed E-state index contributed by atoms with van der Waals surface area (Å²) in [5.41, 5.74) is 7.31. The van der Waals surface area contributed by atoms with Crippen LogP contribution >= 0.6 is 0 Å². The van der Waals surface area contributed by atoms with Crippen molar-refractivity contribution in [3.05, 3.63) is 101 Å². The van der Waals surface area contributed by atoms with Crippen molar-refractivity contribution in [3.63, 3.8) is 0 Å². The average Bonchev–Trinajstić information content (AvgIpc) is 3.11. The molecule has 0 saturated carbocycles. The van der Waals surface area contributed by atoms with E-state index in [9.17, 15) is 4.79 Å². The van der Waals surface area contributed by atoms with Gasteiger partial charge in [0.05, 0.1) is 5.69 Å². The Bertz CT molecular complexity index is 1190. The molecule has 1 aliphatic heterocycles. The number of carbonyl (C=O) groups excluding carboxylic acids is 1. The van der Waals surface area contributed by atoms with Gasteiger partial charge in [0.1, 0.15) is 6.04 Å². The summed E-state index contributed by atoms with van der Waals surface area (Å²) in [6.45, 7) is 4.74. The number of benzene rings is 2. The lowest BCUT2D eigenvalue weighted by atomic mass is 9.94. The smallest absolute Gasteiger partial charge is 0.254 e. The van der Waals surface area contributed by atoms with Gasteiger partial charge in [0, 0.05) is 34.9 Å². The number of aromatic nitrogens is 2. The maximum atomic E-state index is 13.6. The van der Waals surface area contributed by atoms with E-state index in [0.717, 1.165) is 40.0 Å². The Kier molecular flexibility index (Phi) is 4.20. The molecule has 1 amide bonds. The van der Waals surface area contributed by atoms with Gasteiger partial charge in [-0.05, 0) is 56.2 Å². The molecule has 4 nitrogen and oxygen atoms in total. The molecule has 5 rings (SSSR count). The number of hydrogen-bond acceptors (Lipinski definition) is 2. The van der Waals surface area contributed by atoms with E-state index in [4.69, 9.17) is 0 Å². The van der Waals surface area contributed by atoms with Crippen molar-refractivity contribution in [1.82, 2.24) is 14.9 Å². The third-order valence-corrected chi connectivity index (χ3v) is 5.73. The van der Waals surface area contributed by atoms with Gasteiger partial charge in [-0.1, -0.05) is 41.5 Å². The summed E-state index contributed by atoms with van der Waals surface area (Å²) in [5, 5.41) is 1.24. The number of aryl methyl sites for hydroxylation is 2. The van der Waals surface area contributed by atoms with Crippen LogP contribution in [0.15, 0.2) is 66.9 Å². The SMILES string of the molecule is Cc1cc(C)cc(C(=O)N2CCc3c([nH]c4ccccc34)C2c2ccccn2)c1. The summed E-state index contributed by atoms with van der Waals surface area (Å²) in [6.07, 6.45) is 2.63. The Morgan fingerprint density at radius 1 is 1.03 bits per heavy atom. The van der Waals surface area contributed by atoms with Gasteiger partial charge >= 0.3 is 0 Å². The summed E-state index contributed by atoms with van der Waals surface area (Å²) >= 11 is 0. The zero-order chi connectivity index (χ0) is 20.0. The Morgan fingerprint density at radius 3 is 2.55 bits per heavy atom. The van der Waals surface area contributed by atoms with Crippen molar-refractivity contribution in [2.75, 3.05) is 6.54 Å². The van der Waals surface area contributed by atoms with Crippen molar-refractivity contribution in [2.24, 2.45) is 0 Å². The molecule has 0 radical (unpaired) electrons. The third kappa shape index (κ3) is 3.01. The Hall–Kier alpha value is -3.40. The molecule has 0 fully saturated rings. The second-order valence-electron chi connectivity index (χ2n) is 7.84. The first-order valence-electron chi connectivity index (χ1n) is 10.0. The van der Waals surface area contributed by atoms with Crippen LogP contribution in [-0.4, -0.2) is 27.3 Å². The fraction of sp³-hybridized carbons (Fsp3) is 0.200. The van der Waals surface area contributed by atoms with Crippen LogP contribution in [0.25, 0.3) is 10.9 Å². The van der Waals surface area contributed by atoms with Crippen molar-refractivity contribution in [2.45, 2.75) is 26.3 Å². The van der Waals surface area contributed by atoms with E-state index < -0.39 is 0 Å². The second-order valence-corrected chi connectivity index (χ2v) is 7.84. The zero-order valence-electron chi connectivity index (χ0n) is 16.6. The van der Waals surface area contributed by atoms with Crippen LogP contribution in [0, 0.1) is 13.8 Å². The van der Waals surface area contributed by atoms with Gasteiger partial charge in [-0.15, -0.1) is 0 Å². The Labute approximate surface area is 170 Å². The number of hydrogen-bond donors (Lipinski definition) is 1. The van der Waals surface area contributed by atoms with Gasteiger partial charge in [-0.2, -0.15) is 0 Å². The van der Waals surface area contributed by atoms with Gasteiger partial charge in [0.15, 0.2) is 0 Å². The Balaban J connectivity index is 1.66. The molecular weight excluding hydrogens is 358 g/mol. The highest BCUT2D eigenvalue weighted by Crippen LogP contribution is 2.38. The van der Waals surface area contributed by atoms with E-state index in [1.165, 1.54) is 10.9 Å². The summed E-state index contributed by atoms with van der Waals surface area (Å²) in [4.78, 5) is 23.8. The van der Waals surface area contributed by atoms with Crippen LogP contribution in [0.4, 0.5) is 0 Å². The molecule has 1 N–H and O–H groups in total. The molecule has 1 atom stereocenters. The van der Waals surface area contributed by atoms with Crippen molar-refractivity contribution in [3.8, 4) is 0 Å². The molecule has 4 heteroatoms. The number of para-hydroxylation sites is 1. The molecule has 2 aromatic carbocycles. The standard InChI is InChI=1S/C25H23N3O/c1-16-13-17(2)15-18(14-16)25(29)28-12-10-20-19-7-3-4-8-21(19)27-23(20)24(28)22-9-5-6-11-26-22/h3-9,11,13-15,24,27H,10,12H2,1-2H3. The maximum absolute atomic E-state index is 13.6. The van der Waals surface area contributed by atoms with E-state index in [1.54, 1.807) is 6.20 Å². The van der Waals surface area contributed by atoms with E-state index in [-0.39, 0.29) is 11.9 Å². The first-order chi connectivity index (χ1) is 14.1. The molecular formula is C25H23N3O. The van der Waals surface area contributed by atoms with Gasteiger partial charge < -0.3 is 9.88 Å². The summed E-state index contributed by atoms with van der Waals surface area (Å²) in [6, 6.07) is 20.1. The van der Waals surface area contributed by atoms with Crippen LogP contribution in [0.1, 0.15) is 44.5 Å². The number of pyridine rings is 1. The predicted octanol–water partition coefficient (Wildman–Crippen LogP) is 4.97. The normalized spacial score (nSPS) is 16.1. The van der Waals surface area contributed by atoms with Crippen LogP contribution < -0.4 is 0 Å². The average molecular weight is 381 g/mol. The zero-order valence-corrected chi connectivity index (χ0v) is 16.6. The Morgan fingerprint density at radius 2 is 1.79 bits per heavy atom. The molecule has 144 valence electrons.